The quantitative estimate of drug-likeness (QED) is 0.832. The number of halogens is 1. The summed E-state index contributed by atoms with van der Waals surface area (Å²) in [6.45, 7) is 4.94. The van der Waals surface area contributed by atoms with Crippen molar-refractivity contribution in [3.05, 3.63) is 64.2 Å². The van der Waals surface area contributed by atoms with Gasteiger partial charge in [0.15, 0.2) is 0 Å². The first-order valence-electron chi connectivity index (χ1n) is 7.32. The van der Waals surface area contributed by atoms with Crippen molar-refractivity contribution in [2.45, 2.75) is 26.3 Å². The SMILES string of the molecule is CCCOc1ccccc1C(NC)c1cc(Cl)ccc1C. The number of para-hydroxylation sites is 1. The molecule has 0 aliphatic heterocycles. The van der Waals surface area contributed by atoms with Gasteiger partial charge in [0.25, 0.3) is 0 Å². The third-order valence-corrected chi connectivity index (χ3v) is 3.77. The van der Waals surface area contributed by atoms with Crippen molar-refractivity contribution in [1.82, 2.24) is 5.32 Å². The summed E-state index contributed by atoms with van der Waals surface area (Å²) in [6.07, 6.45) is 0.995. The molecule has 1 unspecified atom stereocenters. The number of hydrogen-bond donors (Lipinski definition) is 1. The van der Waals surface area contributed by atoms with E-state index in [0.29, 0.717) is 0 Å². The van der Waals surface area contributed by atoms with Gasteiger partial charge in [-0.2, -0.15) is 0 Å². The summed E-state index contributed by atoms with van der Waals surface area (Å²) in [4.78, 5) is 0. The molecule has 0 amide bonds. The van der Waals surface area contributed by atoms with Crippen molar-refractivity contribution < 1.29 is 4.74 Å². The van der Waals surface area contributed by atoms with E-state index in [4.69, 9.17) is 16.3 Å². The molecule has 21 heavy (non-hydrogen) atoms. The van der Waals surface area contributed by atoms with Crippen molar-refractivity contribution in [1.29, 1.82) is 0 Å². The molecule has 1 atom stereocenters. The second-order valence-corrected chi connectivity index (χ2v) is 5.55. The normalized spacial score (nSPS) is 12.2. The lowest BCUT2D eigenvalue weighted by Crippen LogP contribution is -2.19. The summed E-state index contributed by atoms with van der Waals surface area (Å²) in [5.41, 5.74) is 3.53. The van der Waals surface area contributed by atoms with E-state index in [9.17, 15) is 0 Å². The number of hydrogen-bond acceptors (Lipinski definition) is 2. The maximum absolute atomic E-state index is 6.17. The number of aryl methyl sites for hydroxylation is 1. The largest absolute Gasteiger partial charge is 0.493 e. The molecule has 0 bridgehead atoms. The molecule has 1 N–H and O–H groups in total. The zero-order valence-corrected chi connectivity index (χ0v) is 13.6. The standard InChI is InChI=1S/C18H22ClNO/c1-4-11-21-17-8-6-5-7-15(17)18(20-3)16-12-14(19)10-9-13(16)2/h5-10,12,18,20H,4,11H2,1-3H3. The van der Waals surface area contributed by atoms with E-state index in [1.807, 2.05) is 37.4 Å². The third-order valence-electron chi connectivity index (χ3n) is 3.53. The van der Waals surface area contributed by atoms with Crippen LogP contribution in [-0.4, -0.2) is 13.7 Å². The molecule has 0 heterocycles. The Labute approximate surface area is 132 Å². The van der Waals surface area contributed by atoms with Crippen LogP contribution in [0.2, 0.25) is 5.02 Å². The summed E-state index contributed by atoms with van der Waals surface area (Å²) >= 11 is 6.17. The molecular formula is C18H22ClNO. The van der Waals surface area contributed by atoms with Gasteiger partial charge in [0.2, 0.25) is 0 Å². The Morgan fingerprint density at radius 1 is 1.14 bits per heavy atom. The summed E-state index contributed by atoms with van der Waals surface area (Å²) in [6, 6.07) is 14.2. The number of nitrogens with one attached hydrogen (secondary N) is 1. The highest BCUT2D eigenvalue weighted by Gasteiger charge is 2.18. The topological polar surface area (TPSA) is 21.3 Å². The first-order valence-corrected chi connectivity index (χ1v) is 7.70. The highest BCUT2D eigenvalue weighted by molar-refractivity contribution is 6.30. The van der Waals surface area contributed by atoms with E-state index in [1.165, 1.54) is 11.1 Å². The van der Waals surface area contributed by atoms with Crippen LogP contribution in [0.1, 0.15) is 36.1 Å². The monoisotopic (exact) mass is 303 g/mol. The van der Waals surface area contributed by atoms with Crippen LogP contribution in [0.3, 0.4) is 0 Å². The fourth-order valence-electron chi connectivity index (χ4n) is 2.46. The average Bonchev–Trinajstić information content (AvgIpc) is 2.50. The van der Waals surface area contributed by atoms with E-state index in [2.05, 4.69) is 31.3 Å². The first-order chi connectivity index (χ1) is 10.2. The summed E-state index contributed by atoms with van der Waals surface area (Å²) < 4.78 is 5.89. The van der Waals surface area contributed by atoms with Crippen LogP contribution in [0.4, 0.5) is 0 Å². The van der Waals surface area contributed by atoms with Crippen LogP contribution in [-0.2, 0) is 0 Å². The van der Waals surface area contributed by atoms with E-state index >= 15 is 0 Å². The Morgan fingerprint density at radius 3 is 2.62 bits per heavy atom. The summed E-state index contributed by atoms with van der Waals surface area (Å²) in [5.74, 6) is 0.929. The van der Waals surface area contributed by atoms with Gasteiger partial charge in [0.05, 0.1) is 12.6 Å². The zero-order valence-electron chi connectivity index (χ0n) is 12.8. The lowest BCUT2D eigenvalue weighted by Gasteiger charge is -2.22. The molecule has 2 rings (SSSR count). The number of benzene rings is 2. The highest BCUT2D eigenvalue weighted by atomic mass is 35.5. The van der Waals surface area contributed by atoms with Gasteiger partial charge in [-0.25, -0.2) is 0 Å². The third kappa shape index (κ3) is 3.78. The minimum atomic E-state index is 0.0664. The van der Waals surface area contributed by atoms with Crippen molar-refractivity contribution in [3.8, 4) is 5.75 Å². The number of ether oxygens (including phenoxy) is 1. The van der Waals surface area contributed by atoms with E-state index in [-0.39, 0.29) is 6.04 Å². The second kappa shape index (κ2) is 7.48. The molecule has 2 aromatic rings. The van der Waals surface area contributed by atoms with E-state index in [1.54, 1.807) is 0 Å². The Bertz CT molecular complexity index is 598. The van der Waals surface area contributed by atoms with E-state index in [0.717, 1.165) is 29.4 Å². The summed E-state index contributed by atoms with van der Waals surface area (Å²) in [7, 11) is 1.96. The molecule has 0 aliphatic rings. The second-order valence-electron chi connectivity index (χ2n) is 5.11. The van der Waals surface area contributed by atoms with Gasteiger partial charge >= 0.3 is 0 Å². The predicted octanol–water partition coefficient (Wildman–Crippen LogP) is 4.75. The van der Waals surface area contributed by atoms with Crippen molar-refractivity contribution in [2.75, 3.05) is 13.7 Å². The molecule has 2 nitrogen and oxygen atoms in total. The fraction of sp³-hybridized carbons (Fsp3) is 0.333. The lowest BCUT2D eigenvalue weighted by atomic mass is 9.94. The zero-order chi connectivity index (χ0) is 15.2. The van der Waals surface area contributed by atoms with Gasteiger partial charge in [0, 0.05) is 10.6 Å². The highest BCUT2D eigenvalue weighted by Crippen LogP contribution is 2.32. The van der Waals surface area contributed by atoms with Gasteiger partial charge in [-0.15, -0.1) is 0 Å². The van der Waals surface area contributed by atoms with Crippen LogP contribution < -0.4 is 10.1 Å². The first kappa shape index (κ1) is 15.9. The van der Waals surface area contributed by atoms with Gasteiger partial charge in [-0.3, -0.25) is 0 Å². The van der Waals surface area contributed by atoms with Crippen LogP contribution in [0, 0.1) is 6.92 Å². The maximum Gasteiger partial charge on any atom is 0.124 e. The molecule has 2 aromatic carbocycles. The van der Waals surface area contributed by atoms with Gasteiger partial charge < -0.3 is 10.1 Å². The number of rotatable bonds is 6. The molecule has 3 heteroatoms. The fourth-order valence-corrected chi connectivity index (χ4v) is 2.64. The van der Waals surface area contributed by atoms with Crippen LogP contribution >= 0.6 is 11.6 Å². The molecule has 0 saturated carbocycles. The van der Waals surface area contributed by atoms with Crippen molar-refractivity contribution >= 4 is 11.6 Å². The van der Waals surface area contributed by atoms with Crippen LogP contribution in [0.5, 0.6) is 5.75 Å². The minimum Gasteiger partial charge on any atom is -0.493 e. The Balaban J connectivity index is 2.44. The molecule has 0 aliphatic carbocycles. The molecule has 112 valence electrons. The molecular weight excluding hydrogens is 282 g/mol. The molecule has 0 fully saturated rings. The Hall–Kier alpha value is -1.51. The van der Waals surface area contributed by atoms with Gasteiger partial charge in [-0.1, -0.05) is 42.8 Å². The average molecular weight is 304 g/mol. The van der Waals surface area contributed by atoms with E-state index < -0.39 is 0 Å². The van der Waals surface area contributed by atoms with Gasteiger partial charge in [0.1, 0.15) is 5.75 Å². The summed E-state index contributed by atoms with van der Waals surface area (Å²) in [5, 5.41) is 4.13. The van der Waals surface area contributed by atoms with Crippen LogP contribution in [0.15, 0.2) is 42.5 Å². The maximum atomic E-state index is 6.17. The molecule has 0 saturated heterocycles. The minimum absolute atomic E-state index is 0.0664. The van der Waals surface area contributed by atoms with Crippen molar-refractivity contribution in [2.24, 2.45) is 0 Å². The molecule has 0 radical (unpaired) electrons. The predicted molar refractivity (Wildman–Crippen MR) is 89.3 cm³/mol. The smallest absolute Gasteiger partial charge is 0.124 e. The lowest BCUT2D eigenvalue weighted by molar-refractivity contribution is 0.312. The van der Waals surface area contributed by atoms with Gasteiger partial charge in [-0.05, 0) is 49.7 Å². The molecule has 0 spiro atoms. The molecule has 0 aromatic heterocycles. The Morgan fingerprint density at radius 2 is 1.90 bits per heavy atom. The van der Waals surface area contributed by atoms with Crippen molar-refractivity contribution in [3.63, 3.8) is 0 Å². The van der Waals surface area contributed by atoms with Crippen LogP contribution in [0.25, 0.3) is 0 Å². The Kier molecular flexibility index (Phi) is 5.66.